The van der Waals surface area contributed by atoms with Gasteiger partial charge in [0.05, 0.1) is 15.1 Å². The van der Waals surface area contributed by atoms with Gasteiger partial charge in [-0.2, -0.15) is 4.31 Å². The molecule has 2 aliphatic rings. The summed E-state index contributed by atoms with van der Waals surface area (Å²) in [6.07, 6.45) is 1.86. The third-order valence-electron chi connectivity index (χ3n) is 6.92. The van der Waals surface area contributed by atoms with Crippen LogP contribution in [0.4, 0.5) is 9.39 Å². The molecule has 0 saturated carbocycles. The molecule has 6 rings (SSSR count). The van der Waals surface area contributed by atoms with Gasteiger partial charge in [0, 0.05) is 30.1 Å². The number of halogens is 1. The van der Waals surface area contributed by atoms with E-state index in [-0.39, 0.29) is 17.3 Å². The summed E-state index contributed by atoms with van der Waals surface area (Å²) in [6.45, 7) is 1.96. The maximum Gasteiger partial charge on any atom is 0.243 e. The molecular weight excluding hydrogens is 532 g/mol. The van der Waals surface area contributed by atoms with Crippen molar-refractivity contribution in [3.05, 3.63) is 64.8 Å². The van der Waals surface area contributed by atoms with E-state index in [0.29, 0.717) is 12.8 Å². The molecule has 0 radical (unpaired) electrons. The van der Waals surface area contributed by atoms with Crippen LogP contribution in [0.25, 0.3) is 20.8 Å². The third-order valence-corrected chi connectivity index (χ3v) is 11.0. The second-order valence-corrected chi connectivity index (χ2v) is 13.4. The minimum atomic E-state index is -3.94. The summed E-state index contributed by atoms with van der Waals surface area (Å²) in [5, 5.41) is 4.67. The van der Waals surface area contributed by atoms with Gasteiger partial charge in [-0.1, -0.05) is 12.1 Å². The van der Waals surface area contributed by atoms with Gasteiger partial charge in [-0.05, 0) is 68.3 Å². The lowest BCUT2D eigenvalue weighted by Crippen LogP contribution is -2.43. The lowest BCUT2D eigenvalue weighted by Gasteiger charge is -2.23. The van der Waals surface area contributed by atoms with Crippen molar-refractivity contribution < 1.29 is 17.6 Å². The Hall–Kier alpha value is -2.70. The fourth-order valence-electron chi connectivity index (χ4n) is 5.05. The molecule has 1 fully saturated rings. The molecule has 2 aromatic carbocycles. The molecule has 2 aromatic heterocycles. The Bertz CT molecular complexity index is 1560. The smallest absolute Gasteiger partial charge is 0.243 e. The summed E-state index contributed by atoms with van der Waals surface area (Å²) in [5.41, 5.74) is 3.08. The number of sulfonamides is 1. The summed E-state index contributed by atoms with van der Waals surface area (Å²) in [6, 6.07) is 11.9. The number of thiazole rings is 1. The van der Waals surface area contributed by atoms with Gasteiger partial charge >= 0.3 is 0 Å². The van der Waals surface area contributed by atoms with Crippen LogP contribution in [0.5, 0.6) is 0 Å². The molecule has 1 N–H and O–H groups in total. The highest BCUT2D eigenvalue weighted by atomic mass is 32.2. The van der Waals surface area contributed by atoms with Crippen LogP contribution in [0.15, 0.2) is 53.4 Å². The van der Waals surface area contributed by atoms with Gasteiger partial charge in [0.2, 0.25) is 15.9 Å². The molecule has 11 heteroatoms. The van der Waals surface area contributed by atoms with Crippen molar-refractivity contribution in [2.24, 2.45) is 0 Å². The van der Waals surface area contributed by atoms with E-state index in [4.69, 9.17) is 4.98 Å². The molecule has 1 atom stereocenters. The molecule has 0 bridgehead atoms. The molecule has 192 valence electrons. The van der Waals surface area contributed by atoms with Crippen LogP contribution in [0, 0.1) is 5.82 Å². The van der Waals surface area contributed by atoms with Crippen molar-refractivity contribution in [2.75, 3.05) is 25.5 Å². The Kier molecular flexibility index (Phi) is 6.36. The zero-order valence-corrected chi connectivity index (χ0v) is 22.6. The maximum atomic E-state index is 13.6. The molecule has 1 amide bonds. The molecule has 37 heavy (non-hydrogen) atoms. The van der Waals surface area contributed by atoms with Crippen LogP contribution in [-0.4, -0.2) is 54.7 Å². The molecule has 0 aliphatic carbocycles. The first-order chi connectivity index (χ1) is 17.8. The van der Waals surface area contributed by atoms with E-state index < -0.39 is 21.9 Å². The van der Waals surface area contributed by atoms with Gasteiger partial charge in [-0.3, -0.25) is 4.79 Å². The zero-order valence-electron chi connectivity index (χ0n) is 20.1. The highest BCUT2D eigenvalue weighted by molar-refractivity contribution is 7.89. The van der Waals surface area contributed by atoms with Crippen LogP contribution in [-0.2, 0) is 27.8 Å². The van der Waals surface area contributed by atoms with Gasteiger partial charge < -0.3 is 10.2 Å². The van der Waals surface area contributed by atoms with E-state index in [2.05, 4.69) is 17.3 Å². The number of para-hydroxylation sites is 1. The Morgan fingerprint density at radius 3 is 2.68 bits per heavy atom. The Morgan fingerprint density at radius 1 is 1.11 bits per heavy atom. The van der Waals surface area contributed by atoms with Crippen molar-refractivity contribution in [2.45, 2.75) is 36.7 Å². The minimum absolute atomic E-state index is 0.0154. The van der Waals surface area contributed by atoms with Gasteiger partial charge in [-0.15, -0.1) is 22.7 Å². The van der Waals surface area contributed by atoms with Crippen molar-refractivity contribution in [3.63, 3.8) is 0 Å². The standard InChI is InChI=1S/C26H25FN4O3S3/c1-30-14-12-18-22(15-30)36-26(23(18)25-28-19-5-2-3-7-21(19)35-25)29-24(32)20-6-4-13-31(20)37(33,34)17-10-8-16(27)9-11-17/h2-3,5,7-11,20H,4,6,12-15H2,1H3,(H,29,32). The number of aromatic nitrogens is 1. The molecule has 4 aromatic rings. The fourth-order valence-corrected chi connectivity index (χ4v) is 9.15. The summed E-state index contributed by atoms with van der Waals surface area (Å²) >= 11 is 3.15. The molecule has 7 nitrogen and oxygen atoms in total. The quantitative estimate of drug-likeness (QED) is 0.377. The number of carbonyl (C=O) groups is 1. The van der Waals surface area contributed by atoms with E-state index in [1.54, 1.807) is 22.7 Å². The summed E-state index contributed by atoms with van der Waals surface area (Å²) in [4.78, 5) is 21.9. The predicted octanol–water partition coefficient (Wildman–Crippen LogP) is 4.94. The Morgan fingerprint density at radius 2 is 1.89 bits per heavy atom. The second kappa shape index (κ2) is 9.55. The molecule has 2 aliphatic heterocycles. The SMILES string of the molecule is CN1CCc2c(sc(NC(=O)C3CCCN3S(=O)(=O)c3ccc(F)cc3)c2-c2nc3ccccc3s2)C1. The summed E-state index contributed by atoms with van der Waals surface area (Å²) in [7, 11) is -1.86. The zero-order chi connectivity index (χ0) is 25.7. The average Bonchev–Trinajstić information content (AvgIpc) is 3.60. The number of nitrogens with zero attached hydrogens (tertiary/aromatic N) is 3. The van der Waals surface area contributed by atoms with Crippen LogP contribution in [0.3, 0.4) is 0 Å². The van der Waals surface area contributed by atoms with Crippen LogP contribution < -0.4 is 5.32 Å². The minimum Gasteiger partial charge on any atom is -0.316 e. The first-order valence-electron chi connectivity index (χ1n) is 12.1. The van der Waals surface area contributed by atoms with E-state index >= 15 is 0 Å². The van der Waals surface area contributed by atoms with Gasteiger partial charge in [0.15, 0.2) is 0 Å². The largest absolute Gasteiger partial charge is 0.316 e. The normalized spacial score (nSPS) is 18.8. The van der Waals surface area contributed by atoms with Crippen molar-refractivity contribution in [1.29, 1.82) is 0 Å². The van der Waals surface area contributed by atoms with Crippen LogP contribution in [0.1, 0.15) is 23.3 Å². The number of hydrogen-bond donors (Lipinski definition) is 1. The predicted molar refractivity (Wildman–Crippen MR) is 145 cm³/mol. The van der Waals surface area contributed by atoms with Crippen LogP contribution in [0.2, 0.25) is 0 Å². The third kappa shape index (κ3) is 4.48. The number of nitrogens with one attached hydrogen (secondary N) is 1. The Balaban J connectivity index is 1.34. The van der Waals surface area contributed by atoms with Crippen molar-refractivity contribution >= 4 is 53.8 Å². The number of carbonyl (C=O) groups excluding carboxylic acids is 1. The number of anilines is 1. The molecule has 4 heterocycles. The van der Waals surface area contributed by atoms with Crippen LogP contribution >= 0.6 is 22.7 Å². The lowest BCUT2D eigenvalue weighted by atomic mass is 10.0. The van der Waals surface area contributed by atoms with Crippen molar-refractivity contribution in [1.82, 2.24) is 14.2 Å². The van der Waals surface area contributed by atoms with E-state index in [9.17, 15) is 17.6 Å². The number of likely N-dealkylation sites (N-methyl/N-ethyl adjacent to an activating group) is 1. The summed E-state index contributed by atoms with van der Waals surface area (Å²) < 4.78 is 42.3. The molecule has 1 saturated heterocycles. The van der Waals surface area contributed by atoms with E-state index in [0.717, 1.165) is 57.4 Å². The molecule has 1 unspecified atom stereocenters. The molecule has 0 spiro atoms. The summed E-state index contributed by atoms with van der Waals surface area (Å²) in [5.74, 6) is -0.859. The lowest BCUT2D eigenvalue weighted by molar-refractivity contribution is -0.119. The maximum absolute atomic E-state index is 13.6. The number of fused-ring (bicyclic) bond motifs is 2. The van der Waals surface area contributed by atoms with Crippen molar-refractivity contribution in [3.8, 4) is 10.6 Å². The second-order valence-electron chi connectivity index (χ2n) is 9.40. The number of hydrogen-bond acceptors (Lipinski definition) is 7. The number of amides is 1. The van der Waals surface area contributed by atoms with Gasteiger partial charge in [-0.25, -0.2) is 17.8 Å². The van der Waals surface area contributed by atoms with E-state index in [1.807, 2.05) is 24.3 Å². The first-order valence-corrected chi connectivity index (χ1v) is 15.2. The molecular formula is C26H25FN4O3S3. The topological polar surface area (TPSA) is 82.6 Å². The highest BCUT2D eigenvalue weighted by Gasteiger charge is 2.40. The van der Waals surface area contributed by atoms with Gasteiger partial charge in [0.1, 0.15) is 21.9 Å². The monoisotopic (exact) mass is 556 g/mol. The number of rotatable bonds is 5. The first kappa shape index (κ1) is 24.6. The number of benzene rings is 2. The number of thiophene rings is 1. The highest BCUT2D eigenvalue weighted by Crippen LogP contribution is 2.45. The average molecular weight is 557 g/mol. The Labute approximate surface area is 222 Å². The fraction of sp³-hybridized carbons (Fsp3) is 0.308. The van der Waals surface area contributed by atoms with Gasteiger partial charge in [0.25, 0.3) is 0 Å². The van der Waals surface area contributed by atoms with E-state index in [1.165, 1.54) is 26.9 Å².